The van der Waals surface area contributed by atoms with Crippen LogP contribution in [0.25, 0.3) is 10.9 Å². The molecule has 0 saturated carbocycles. The van der Waals surface area contributed by atoms with Crippen molar-refractivity contribution in [1.82, 2.24) is 19.8 Å². The number of halogens is 1. The molecule has 3 aromatic rings. The molecule has 0 spiro atoms. The third kappa shape index (κ3) is 7.34. The van der Waals surface area contributed by atoms with Crippen molar-refractivity contribution in [3.05, 3.63) is 47.2 Å². The molecule has 4 rings (SSSR count). The van der Waals surface area contributed by atoms with Crippen LogP contribution in [0, 0.1) is 0 Å². The van der Waals surface area contributed by atoms with Gasteiger partial charge in [0.25, 0.3) is 0 Å². The number of carbonyl (C=O) groups excluding carboxylic acids is 2. The predicted octanol–water partition coefficient (Wildman–Crippen LogP) is 3.25. The summed E-state index contributed by atoms with van der Waals surface area (Å²) < 4.78 is 22.3. The molecule has 1 aromatic heterocycles. The highest BCUT2D eigenvalue weighted by atomic mass is 79.9. The molecule has 2 aromatic carbocycles. The van der Waals surface area contributed by atoms with Gasteiger partial charge in [-0.3, -0.25) is 19.4 Å². The molecule has 39 heavy (non-hydrogen) atoms. The number of aromatic nitrogens is 2. The maximum atomic E-state index is 12.2. The van der Waals surface area contributed by atoms with Crippen LogP contribution in [0.4, 0.5) is 11.5 Å². The van der Waals surface area contributed by atoms with Crippen LogP contribution in [0.1, 0.15) is 6.42 Å². The number of fused-ring (bicyclic) bond motifs is 1. The Morgan fingerprint density at radius 2 is 1.82 bits per heavy atom. The Kier molecular flexibility index (Phi) is 9.90. The van der Waals surface area contributed by atoms with Gasteiger partial charge in [-0.25, -0.2) is 9.97 Å². The van der Waals surface area contributed by atoms with E-state index in [4.69, 9.17) is 18.9 Å². The van der Waals surface area contributed by atoms with Gasteiger partial charge in [-0.2, -0.15) is 0 Å². The first-order valence-electron chi connectivity index (χ1n) is 12.5. The number of hydrogen-bond donors (Lipinski definition) is 1. The summed E-state index contributed by atoms with van der Waals surface area (Å²) in [5.74, 6) is 0.973. The van der Waals surface area contributed by atoms with E-state index >= 15 is 0 Å². The topological polar surface area (TPSA) is 115 Å². The molecule has 0 bridgehead atoms. The van der Waals surface area contributed by atoms with Crippen LogP contribution >= 0.6 is 15.9 Å². The van der Waals surface area contributed by atoms with Gasteiger partial charge in [-0.05, 0) is 24.3 Å². The summed E-state index contributed by atoms with van der Waals surface area (Å²) >= 11 is 3.49. The molecule has 11 nitrogen and oxygen atoms in total. The summed E-state index contributed by atoms with van der Waals surface area (Å²) in [5, 5.41) is 4.16. The maximum Gasteiger partial charge on any atom is 0.323 e. The molecule has 12 heteroatoms. The van der Waals surface area contributed by atoms with Gasteiger partial charge in [0.15, 0.2) is 11.5 Å². The molecule has 0 aliphatic carbocycles. The molecule has 1 fully saturated rings. The second-order valence-corrected chi connectivity index (χ2v) is 9.84. The summed E-state index contributed by atoms with van der Waals surface area (Å²) in [6, 6.07) is 10.9. The number of esters is 2. The Hall–Kier alpha value is -3.48. The molecule has 0 radical (unpaired) electrons. The number of hydrogen-bond acceptors (Lipinski definition) is 11. The third-order valence-corrected chi connectivity index (χ3v) is 7.08. The van der Waals surface area contributed by atoms with Crippen molar-refractivity contribution in [2.45, 2.75) is 12.5 Å². The van der Waals surface area contributed by atoms with Crippen molar-refractivity contribution in [3.8, 4) is 11.5 Å². The van der Waals surface area contributed by atoms with E-state index in [-0.39, 0.29) is 6.42 Å². The highest BCUT2D eigenvalue weighted by Crippen LogP contribution is 2.35. The normalized spacial score (nSPS) is 15.0. The van der Waals surface area contributed by atoms with Crippen molar-refractivity contribution in [2.75, 3.05) is 66.0 Å². The fourth-order valence-electron chi connectivity index (χ4n) is 4.46. The summed E-state index contributed by atoms with van der Waals surface area (Å²) in [6.45, 7) is 3.81. The number of methoxy groups -OCH3 is 3. The lowest BCUT2D eigenvalue weighted by Gasteiger charge is -2.37. The van der Waals surface area contributed by atoms with E-state index in [0.717, 1.165) is 34.2 Å². The number of nitrogens with one attached hydrogen (secondary N) is 1. The number of benzene rings is 2. The van der Waals surface area contributed by atoms with Gasteiger partial charge in [0, 0.05) is 54.3 Å². The molecule has 1 N–H and O–H groups in total. The fraction of sp³-hybridized carbons (Fsp3) is 0.407. The SMILES string of the molecule is COC(=O)CC(C(=O)OC)N1CCN(CCOc2cc3c(Nc4cccc(Br)c4)ncnc3cc2OC)CC1. The standard InChI is InChI=1S/C27H32BrN5O6/c1-36-23-15-21-20(26(30-17-29-21)31-19-6-4-5-18(28)13-19)14-24(23)39-12-11-32-7-9-33(10-8-32)22(27(35)38-3)16-25(34)37-2/h4-6,13-15,17,22H,7-12,16H2,1-3H3,(H,29,30,31). The lowest BCUT2D eigenvalue weighted by molar-refractivity contribution is -0.154. The van der Waals surface area contributed by atoms with E-state index in [1.54, 1.807) is 7.11 Å². The Balaban J connectivity index is 1.38. The van der Waals surface area contributed by atoms with Crippen molar-refractivity contribution in [3.63, 3.8) is 0 Å². The summed E-state index contributed by atoms with van der Waals surface area (Å²) in [6.07, 6.45) is 1.48. The molecule has 1 atom stereocenters. The van der Waals surface area contributed by atoms with Crippen LogP contribution in [0.5, 0.6) is 11.5 Å². The van der Waals surface area contributed by atoms with Crippen LogP contribution in [-0.2, 0) is 19.1 Å². The molecular weight excluding hydrogens is 570 g/mol. The number of piperazine rings is 1. The molecule has 1 saturated heterocycles. The Morgan fingerprint density at radius 1 is 1.03 bits per heavy atom. The molecular formula is C27H32BrN5O6. The van der Waals surface area contributed by atoms with Crippen LogP contribution in [0.2, 0.25) is 0 Å². The molecule has 208 valence electrons. The first-order chi connectivity index (χ1) is 18.9. The highest BCUT2D eigenvalue weighted by molar-refractivity contribution is 9.10. The van der Waals surface area contributed by atoms with Crippen LogP contribution in [-0.4, -0.2) is 98.4 Å². The van der Waals surface area contributed by atoms with Crippen molar-refractivity contribution in [1.29, 1.82) is 0 Å². The number of rotatable bonds is 11. The average Bonchev–Trinajstić information content (AvgIpc) is 2.95. The van der Waals surface area contributed by atoms with Gasteiger partial charge in [-0.1, -0.05) is 22.0 Å². The summed E-state index contributed by atoms with van der Waals surface area (Å²) in [4.78, 5) is 37.1. The molecule has 1 aliphatic rings. The van der Waals surface area contributed by atoms with Crippen LogP contribution in [0.3, 0.4) is 0 Å². The number of anilines is 2. The smallest absolute Gasteiger partial charge is 0.323 e. The van der Waals surface area contributed by atoms with Gasteiger partial charge in [0.1, 0.15) is 24.8 Å². The van der Waals surface area contributed by atoms with E-state index in [1.165, 1.54) is 20.5 Å². The van der Waals surface area contributed by atoms with Gasteiger partial charge < -0.3 is 24.3 Å². The molecule has 0 amide bonds. The maximum absolute atomic E-state index is 12.2. The first-order valence-corrected chi connectivity index (χ1v) is 13.3. The third-order valence-electron chi connectivity index (χ3n) is 6.58. The van der Waals surface area contributed by atoms with E-state index in [1.807, 2.05) is 41.3 Å². The Bertz CT molecular complexity index is 1300. The fourth-order valence-corrected chi connectivity index (χ4v) is 4.86. The van der Waals surface area contributed by atoms with Gasteiger partial charge in [0.2, 0.25) is 0 Å². The van der Waals surface area contributed by atoms with E-state index < -0.39 is 18.0 Å². The highest BCUT2D eigenvalue weighted by Gasteiger charge is 2.32. The molecule has 1 aliphatic heterocycles. The lowest BCUT2D eigenvalue weighted by Crippen LogP contribution is -2.54. The number of carbonyl (C=O) groups is 2. The zero-order valence-electron chi connectivity index (χ0n) is 22.2. The Morgan fingerprint density at radius 3 is 2.51 bits per heavy atom. The first kappa shape index (κ1) is 28.5. The zero-order chi connectivity index (χ0) is 27.8. The minimum atomic E-state index is -0.648. The van der Waals surface area contributed by atoms with E-state index in [9.17, 15) is 9.59 Å². The minimum absolute atomic E-state index is 0.0316. The van der Waals surface area contributed by atoms with E-state index in [2.05, 4.69) is 36.1 Å². The summed E-state index contributed by atoms with van der Waals surface area (Å²) in [7, 11) is 4.24. The largest absolute Gasteiger partial charge is 0.493 e. The number of nitrogens with zero attached hydrogens (tertiary/aromatic N) is 4. The quantitative estimate of drug-likeness (QED) is 0.326. The predicted molar refractivity (Wildman–Crippen MR) is 149 cm³/mol. The van der Waals surface area contributed by atoms with Gasteiger partial charge in [0.05, 0.1) is 33.3 Å². The average molecular weight is 602 g/mol. The van der Waals surface area contributed by atoms with Crippen molar-refractivity contribution < 1.29 is 28.5 Å². The van der Waals surface area contributed by atoms with Gasteiger partial charge >= 0.3 is 11.9 Å². The van der Waals surface area contributed by atoms with Crippen molar-refractivity contribution in [2.24, 2.45) is 0 Å². The zero-order valence-corrected chi connectivity index (χ0v) is 23.8. The number of ether oxygens (including phenoxy) is 4. The molecule has 2 heterocycles. The van der Waals surface area contributed by atoms with E-state index in [0.29, 0.717) is 43.6 Å². The molecule has 1 unspecified atom stereocenters. The monoisotopic (exact) mass is 601 g/mol. The minimum Gasteiger partial charge on any atom is -0.493 e. The second-order valence-electron chi connectivity index (χ2n) is 8.92. The Labute approximate surface area is 235 Å². The van der Waals surface area contributed by atoms with Crippen molar-refractivity contribution >= 4 is 50.3 Å². The summed E-state index contributed by atoms with van der Waals surface area (Å²) in [5.41, 5.74) is 1.62. The van der Waals surface area contributed by atoms with Crippen LogP contribution < -0.4 is 14.8 Å². The second kappa shape index (κ2) is 13.5. The van der Waals surface area contributed by atoms with Crippen LogP contribution in [0.15, 0.2) is 47.2 Å². The lowest BCUT2D eigenvalue weighted by atomic mass is 10.1. The van der Waals surface area contributed by atoms with Gasteiger partial charge in [-0.15, -0.1) is 0 Å².